The highest BCUT2D eigenvalue weighted by Gasteiger charge is 2.29. The zero-order valence-corrected chi connectivity index (χ0v) is 13.2. The molecule has 112 valence electrons. The molecule has 1 atom stereocenters. The second-order valence-electron chi connectivity index (χ2n) is 5.42. The zero-order valence-electron chi connectivity index (χ0n) is 12.4. The van der Waals surface area contributed by atoms with Gasteiger partial charge in [-0.15, -0.1) is 0 Å². The van der Waals surface area contributed by atoms with Crippen LogP contribution in [0.25, 0.3) is 0 Å². The van der Waals surface area contributed by atoms with E-state index in [-0.39, 0.29) is 17.5 Å². The Bertz CT molecular complexity index is 572. The maximum Gasteiger partial charge on any atom is 0.154 e. The molecule has 0 aromatic carbocycles. The van der Waals surface area contributed by atoms with E-state index < -0.39 is 9.84 Å². The highest BCUT2D eigenvalue weighted by Crippen LogP contribution is 2.23. The van der Waals surface area contributed by atoms with Crippen molar-refractivity contribution >= 4 is 15.7 Å². The van der Waals surface area contributed by atoms with Crippen LogP contribution in [0, 0.1) is 6.92 Å². The lowest BCUT2D eigenvalue weighted by Gasteiger charge is -2.35. The van der Waals surface area contributed by atoms with Gasteiger partial charge in [0.05, 0.1) is 11.5 Å². The molecule has 2 heterocycles. The second-order valence-corrected chi connectivity index (χ2v) is 7.65. The van der Waals surface area contributed by atoms with Crippen molar-refractivity contribution in [1.82, 2.24) is 10.3 Å². The lowest BCUT2D eigenvalue weighted by Crippen LogP contribution is -2.47. The Morgan fingerprint density at radius 2 is 2.25 bits per heavy atom. The van der Waals surface area contributed by atoms with Crippen LogP contribution in [-0.4, -0.2) is 44.0 Å². The van der Waals surface area contributed by atoms with Crippen molar-refractivity contribution in [2.75, 3.05) is 29.5 Å². The van der Waals surface area contributed by atoms with Crippen LogP contribution in [-0.2, 0) is 16.4 Å². The molecule has 1 aliphatic rings. The minimum atomic E-state index is -2.89. The SMILES string of the molecule is CCNCc1cnc(N2CCS(=O)(=O)CC2C)c(C)c1. The molecule has 1 aromatic rings. The maximum absolute atomic E-state index is 11.6. The molecule has 1 fully saturated rings. The van der Waals surface area contributed by atoms with Crippen molar-refractivity contribution in [3.63, 3.8) is 0 Å². The number of sulfone groups is 1. The second kappa shape index (κ2) is 6.10. The summed E-state index contributed by atoms with van der Waals surface area (Å²) < 4.78 is 23.3. The molecule has 2 rings (SSSR count). The summed E-state index contributed by atoms with van der Waals surface area (Å²) in [6.45, 7) is 8.34. The minimum absolute atomic E-state index is 0.0143. The summed E-state index contributed by atoms with van der Waals surface area (Å²) in [5.74, 6) is 1.35. The average Bonchev–Trinajstić information content (AvgIpc) is 2.37. The summed E-state index contributed by atoms with van der Waals surface area (Å²) in [6.07, 6.45) is 1.88. The van der Waals surface area contributed by atoms with Crippen molar-refractivity contribution < 1.29 is 8.42 Å². The Morgan fingerprint density at radius 1 is 1.50 bits per heavy atom. The van der Waals surface area contributed by atoms with Gasteiger partial charge in [-0.2, -0.15) is 0 Å². The van der Waals surface area contributed by atoms with Crippen LogP contribution in [0.4, 0.5) is 5.82 Å². The Balaban J connectivity index is 2.17. The van der Waals surface area contributed by atoms with E-state index >= 15 is 0 Å². The molecule has 1 unspecified atom stereocenters. The number of hydrogen-bond donors (Lipinski definition) is 1. The van der Waals surface area contributed by atoms with E-state index in [9.17, 15) is 8.42 Å². The van der Waals surface area contributed by atoms with Gasteiger partial charge in [-0.05, 0) is 37.6 Å². The van der Waals surface area contributed by atoms with Crippen molar-refractivity contribution in [2.24, 2.45) is 0 Å². The standard InChI is InChI=1S/C14H23N3O2S/c1-4-15-8-13-7-11(2)14(16-9-13)17-5-6-20(18,19)10-12(17)3/h7,9,12,15H,4-6,8,10H2,1-3H3. The minimum Gasteiger partial charge on any atom is -0.352 e. The van der Waals surface area contributed by atoms with Gasteiger partial charge in [0.15, 0.2) is 9.84 Å². The van der Waals surface area contributed by atoms with E-state index in [1.54, 1.807) is 0 Å². The lowest BCUT2D eigenvalue weighted by atomic mass is 10.1. The molecule has 0 bridgehead atoms. The van der Waals surface area contributed by atoms with Crippen LogP contribution in [0.15, 0.2) is 12.3 Å². The van der Waals surface area contributed by atoms with Crippen molar-refractivity contribution in [1.29, 1.82) is 0 Å². The number of aryl methyl sites for hydroxylation is 1. The zero-order chi connectivity index (χ0) is 14.8. The first kappa shape index (κ1) is 15.3. The third-order valence-corrected chi connectivity index (χ3v) is 5.42. The lowest BCUT2D eigenvalue weighted by molar-refractivity contribution is 0.566. The maximum atomic E-state index is 11.6. The number of nitrogens with one attached hydrogen (secondary N) is 1. The molecule has 0 amide bonds. The largest absolute Gasteiger partial charge is 0.352 e. The smallest absolute Gasteiger partial charge is 0.154 e. The van der Waals surface area contributed by atoms with Crippen LogP contribution < -0.4 is 10.2 Å². The molecule has 1 aliphatic heterocycles. The Hall–Kier alpha value is -1.14. The van der Waals surface area contributed by atoms with Crippen molar-refractivity contribution in [3.8, 4) is 0 Å². The first-order valence-corrected chi connectivity index (χ1v) is 8.88. The van der Waals surface area contributed by atoms with E-state index in [1.165, 1.54) is 0 Å². The normalized spacial score (nSPS) is 21.9. The summed E-state index contributed by atoms with van der Waals surface area (Å²) in [7, 11) is -2.89. The molecule has 0 aliphatic carbocycles. The summed E-state index contributed by atoms with van der Waals surface area (Å²) >= 11 is 0. The van der Waals surface area contributed by atoms with Crippen LogP contribution in [0.2, 0.25) is 0 Å². The van der Waals surface area contributed by atoms with E-state index in [4.69, 9.17) is 0 Å². The summed E-state index contributed by atoms with van der Waals surface area (Å²) in [6, 6.07) is 2.11. The monoisotopic (exact) mass is 297 g/mol. The van der Waals surface area contributed by atoms with Crippen LogP contribution in [0.5, 0.6) is 0 Å². The summed E-state index contributed by atoms with van der Waals surface area (Å²) in [5, 5.41) is 3.28. The van der Waals surface area contributed by atoms with Gasteiger partial charge in [-0.3, -0.25) is 0 Å². The highest BCUT2D eigenvalue weighted by molar-refractivity contribution is 7.91. The Kier molecular flexibility index (Phi) is 4.65. The van der Waals surface area contributed by atoms with Gasteiger partial charge in [0.25, 0.3) is 0 Å². The van der Waals surface area contributed by atoms with Gasteiger partial charge in [-0.1, -0.05) is 6.92 Å². The van der Waals surface area contributed by atoms with Crippen LogP contribution in [0.3, 0.4) is 0 Å². The van der Waals surface area contributed by atoms with Gasteiger partial charge in [0, 0.05) is 25.3 Å². The van der Waals surface area contributed by atoms with Crippen molar-refractivity contribution in [2.45, 2.75) is 33.4 Å². The Labute approximate surface area is 121 Å². The first-order valence-electron chi connectivity index (χ1n) is 7.06. The number of nitrogens with zero attached hydrogens (tertiary/aromatic N) is 2. The van der Waals surface area contributed by atoms with E-state index in [1.807, 2.05) is 20.0 Å². The topological polar surface area (TPSA) is 62.3 Å². The molecule has 5 nitrogen and oxygen atoms in total. The molecule has 1 saturated heterocycles. The Morgan fingerprint density at radius 3 is 2.85 bits per heavy atom. The van der Waals surface area contributed by atoms with Gasteiger partial charge in [0.1, 0.15) is 5.82 Å². The van der Waals surface area contributed by atoms with E-state index in [0.29, 0.717) is 6.54 Å². The first-order chi connectivity index (χ1) is 9.43. The molecular weight excluding hydrogens is 274 g/mol. The molecular formula is C14H23N3O2S. The summed E-state index contributed by atoms with van der Waals surface area (Å²) in [5.41, 5.74) is 2.26. The van der Waals surface area contributed by atoms with Crippen molar-refractivity contribution in [3.05, 3.63) is 23.4 Å². The van der Waals surface area contributed by atoms with Gasteiger partial charge in [-0.25, -0.2) is 13.4 Å². The fourth-order valence-electron chi connectivity index (χ4n) is 2.61. The molecule has 0 radical (unpaired) electrons. The van der Waals surface area contributed by atoms with Gasteiger partial charge >= 0.3 is 0 Å². The number of aromatic nitrogens is 1. The molecule has 0 saturated carbocycles. The summed E-state index contributed by atoms with van der Waals surface area (Å²) in [4.78, 5) is 6.65. The molecule has 0 spiro atoms. The molecule has 6 heteroatoms. The van der Waals surface area contributed by atoms with Gasteiger partial charge in [0.2, 0.25) is 0 Å². The number of hydrogen-bond acceptors (Lipinski definition) is 5. The van der Waals surface area contributed by atoms with Gasteiger partial charge < -0.3 is 10.2 Å². The third-order valence-electron chi connectivity index (χ3n) is 3.63. The molecule has 1 aromatic heterocycles. The fraction of sp³-hybridized carbons (Fsp3) is 0.643. The van der Waals surface area contributed by atoms with E-state index in [0.717, 1.165) is 30.0 Å². The van der Waals surface area contributed by atoms with Crippen LogP contribution >= 0.6 is 0 Å². The third kappa shape index (κ3) is 3.49. The van der Waals surface area contributed by atoms with Crippen LogP contribution in [0.1, 0.15) is 25.0 Å². The quantitative estimate of drug-likeness (QED) is 0.902. The predicted molar refractivity (Wildman–Crippen MR) is 81.8 cm³/mol. The highest BCUT2D eigenvalue weighted by atomic mass is 32.2. The average molecular weight is 297 g/mol. The number of rotatable bonds is 4. The molecule has 20 heavy (non-hydrogen) atoms. The fourth-order valence-corrected chi connectivity index (χ4v) is 4.16. The van der Waals surface area contributed by atoms with E-state index in [2.05, 4.69) is 28.2 Å². The molecule has 1 N–H and O–H groups in total. The number of anilines is 1. The number of pyridine rings is 1. The predicted octanol–water partition coefficient (Wildman–Crippen LogP) is 1.12.